The van der Waals surface area contributed by atoms with Gasteiger partial charge in [-0.2, -0.15) is 0 Å². The minimum Gasteiger partial charge on any atom is -0.336 e. The van der Waals surface area contributed by atoms with Crippen LogP contribution in [0.25, 0.3) is 0 Å². The molecule has 1 amide bonds. The highest BCUT2D eigenvalue weighted by atomic mass is 16.2. The number of carbonyl (C=O) groups excluding carboxylic acids is 1. The molecule has 0 radical (unpaired) electrons. The fourth-order valence-electron chi connectivity index (χ4n) is 2.53. The lowest BCUT2D eigenvalue weighted by Crippen LogP contribution is -2.37. The summed E-state index contributed by atoms with van der Waals surface area (Å²) in [5.41, 5.74) is 7.68. The lowest BCUT2D eigenvalue weighted by Gasteiger charge is -2.19. The van der Waals surface area contributed by atoms with Crippen LogP contribution >= 0.6 is 0 Å². The maximum atomic E-state index is 12.1. The van der Waals surface area contributed by atoms with Crippen molar-refractivity contribution < 1.29 is 4.79 Å². The summed E-state index contributed by atoms with van der Waals surface area (Å²) < 4.78 is 0. The second kappa shape index (κ2) is 3.04. The molecule has 2 aliphatic rings. The molecule has 0 unspecified atom stereocenters. The van der Waals surface area contributed by atoms with E-state index in [1.165, 1.54) is 0 Å². The zero-order valence-corrected chi connectivity index (χ0v) is 9.31. The Balaban J connectivity index is 1.79. The number of piperidine rings is 1. The van der Waals surface area contributed by atoms with Crippen molar-refractivity contribution in [2.45, 2.75) is 18.9 Å². The van der Waals surface area contributed by atoms with E-state index in [4.69, 9.17) is 5.73 Å². The molecule has 2 heterocycles. The summed E-state index contributed by atoms with van der Waals surface area (Å²) in [6, 6.07) is 1.88. The van der Waals surface area contributed by atoms with Gasteiger partial charge in [-0.1, -0.05) is 0 Å². The normalized spacial score (nSPS) is 31.4. The van der Waals surface area contributed by atoms with Gasteiger partial charge in [-0.25, -0.2) is 0 Å². The van der Waals surface area contributed by atoms with Crippen molar-refractivity contribution in [3.63, 3.8) is 0 Å². The van der Waals surface area contributed by atoms with E-state index in [0.29, 0.717) is 18.0 Å². The number of hydrogen-bond donors (Lipinski definition) is 1. The Hall–Kier alpha value is -1.42. The molecule has 0 aromatic carbocycles. The number of carbonyl (C=O) groups is 1. The van der Waals surface area contributed by atoms with Crippen molar-refractivity contribution in [3.8, 4) is 0 Å². The van der Waals surface area contributed by atoms with Gasteiger partial charge in [0.1, 0.15) is 0 Å². The van der Waals surface area contributed by atoms with Crippen LogP contribution in [0.1, 0.15) is 22.3 Å². The van der Waals surface area contributed by atoms with E-state index in [0.717, 1.165) is 18.5 Å². The predicted molar refractivity (Wildman–Crippen MR) is 59.9 cm³/mol. The highest BCUT2D eigenvalue weighted by molar-refractivity contribution is 5.94. The lowest BCUT2D eigenvalue weighted by molar-refractivity contribution is 0.0772. The SMILES string of the molecule is Cc1cncc(C(=O)N2C[C@H]3C[C@]3(N)C2)c1. The van der Waals surface area contributed by atoms with Gasteiger partial charge in [0.15, 0.2) is 0 Å². The summed E-state index contributed by atoms with van der Waals surface area (Å²) in [6.07, 6.45) is 4.45. The smallest absolute Gasteiger partial charge is 0.255 e. The molecule has 4 heteroatoms. The molecular weight excluding hydrogens is 202 g/mol. The molecule has 1 aliphatic carbocycles. The van der Waals surface area contributed by atoms with Gasteiger partial charge in [-0.3, -0.25) is 9.78 Å². The minimum atomic E-state index is -0.0765. The number of nitrogens with two attached hydrogens (primary N) is 1. The van der Waals surface area contributed by atoms with Crippen molar-refractivity contribution in [2.24, 2.45) is 11.7 Å². The first-order valence-corrected chi connectivity index (χ1v) is 5.58. The standard InChI is InChI=1S/C12H15N3O/c1-8-2-9(5-14-4-8)11(16)15-6-10-3-12(10,13)7-15/h2,4-5,10H,3,6-7,13H2,1H3/t10-,12+/m1/s1. The zero-order chi connectivity index (χ0) is 11.3. The second-order valence-corrected chi connectivity index (χ2v) is 5.07. The molecule has 2 atom stereocenters. The highest BCUT2D eigenvalue weighted by Crippen LogP contribution is 2.47. The Morgan fingerprint density at radius 1 is 1.62 bits per heavy atom. The Labute approximate surface area is 94.5 Å². The van der Waals surface area contributed by atoms with Gasteiger partial charge < -0.3 is 10.6 Å². The van der Waals surface area contributed by atoms with Crippen LogP contribution in [0.2, 0.25) is 0 Å². The molecule has 1 aromatic rings. The molecule has 0 spiro atoms. The first-order chi connectivity index (χ1) is 7.58. The van der Waals surface area contributed by atoms with Gasteiger partial charge in [-0.05, 0) is 30.9 Å². The maximum Gasteiger partial charge on any atom is 0.255 e. The molecule has 2 fully saturated rings. The topological polar surface area (TPSA) is 59.2 Å². The first kappa shape index (κ1) is 9.78. The third-order valence-corrected chi connectivity index (χ3v) is 3.61. The number of aromatic nitrogens is 1. The van der Waals surface area contributed by atoms with Gasteiger partial charge in [0.25, 0.3) is 5.91 Å². The monoisotopic (exact) mass is 217 g/mol. The Kier molecular flexibility index (Phi) is 1.86. The van der Waals surface area contributed by atoms with Crippen LogP contribution in [0, 0.1) is 12.8 Å². The molecular formula is C12H15N3O. The van der Waals surface area contributed by atoms with Crippen molar-refractivity contribution in [2.75, 3.05) is 13.1 Å². The van der Waals surface area contributed by atoms with Crippen LogP contribution in [0.3, 0.4) is 0 Å². The van der Waals surface area contributed by atoms with Crippen LogP contribution < -0.4 is 5.73 Å². The molecule has 0 bridgehead atoms. The molecule has 1 aliphatic heterocycles. The van der Waals surface area contributed by atoms with E-state index in [9.17, 15) is 4.79 Å². The van der Waals surface area contributed by atoms with Gasteiger partial charge in [-0.15, -0.1) is 0 Å². The van der Waals surface area contributed by atoms with Gasteiger partial charge in [0.2, 0.25) is 0 Å². The average molecular weight is 217 g/mol. The van der Waals surface area contributed by atoms with E-state index in [-0.39, 0.29) is 11.4 Å². The molecule has 3 rings (SSSR count). The Morgan fingerprint density at radius 3 is 3.06 bits per heavy atom. The maximum absolute atomic E-state index is 12.1. The largest absolute Gasteiger partial charge is 0.336 e. The summed E-state index contributed by atoms with van der Waals surface area (Å²) in [6.45, 7) is 3.45. The molecule has 1 saturated carbocycles. The van der Waals surface area contributed by atoms with E-state index < -0.39 is 0 Å². The third-order valence-electron chi connectivity index (χ3n) is 3.61. The van der Waals surface area contributed by atoms with Gasteiger partial charge >= 0.3 is 0 Å². The van der Waals surface area contributed by atoms with Crippen molar-refractivity contribution >= 4 is 5.91 Å². The van der Waals surface area contributed by atoms with Crippen molar-refractivity contribution in [3.05, 3.63) is 29.6 Å². The second-order valence-electron chi connectivity index (χ2n) is 5.07. The van der Waals surface area contributed by atoms with Crippen LogP contribution in [0.5, 0.6) is 0 Å². The molecule has 2 N–H and O–H groups in total. The van der Waals surface area contributed by atoms with Crippen LogP contribution in [0.4, 0.5) is 0 Å². The number of amides is 1. The van der Waals surface area contributed by atoms with Crippen LogP contribution in [-0.4, -0.2) is 34.4 Å². The fraction of sp³-hybridized carbons (Fsp3) is 0.500. The Morgan fingerprint density at radius 2 is 2.44 bits per heavy atom. The fourth-order valence-corrected chi connectivity index (χ4v) is 2.53. The van der Waals surface area contributed by atoms with Gasteiger partial charge in [0, 0.05) is 31.0 Å². The van der Waals surface area contributed by atoms with Gasteiger partial charge in [0.05, 0.1) is 5.56 Å². The number of pyridine rings is 1. The molecule has 84 valence electrons. The molecule has 4 nitrogen and oxygen atoms in total. The van der Waals surface area contributed by atoms with E-state index >= 15 is 0 Å². The Bertz CT molecular complexity index is 459. The summed E-state index contributed by atoms with van der Waals surface area (Å²) in [5, 5.41) is 0. The minimum absolute atomic E-state index is 0.0632. The van der Waals surface area contributed by atoms with E-state index in [1.807, 2.05) is 17.9 Å². The lowest BCUT2D eigenvalue weighted by atomic mass is 10.2. The summed E-state index contributed by atoms with van der Waals surface area (Å²) >= 11 is 0. The summed E-state index contributed by atoms with van der Waals surface area (Å²) in [5.74, 6) is 0.586. The molecule has 1 aromatic heterocycles. The number of aryl methyl sites for hydroxylation is 1. The number of nitrogens with zero attached hydrogens (tertiary/aromatic N) is 2. The highest BCUT2D eigenvalue weighted by Gasteiger charge is 2.58. The molecule has 1 saturated heterocycles. The van der Waals surface area contributed by atoms with Crippen molar-refractivity contribution in [1.29, 1.82) is 0 Å². The van der Waals surface area contributed by atoms with E-state index in [2.05, 4.69) is 4.98 Å². The first-order valence-electron chi connectivity index (χ1n) is 5.58. The summed E-state index contributed by atoms with van der Waals surface area (Å²) in [4.78, 5) is 18.0. The zero-order valence-electron chi connectivity index (χ0n) is 9.31. The van der Waals surface area contributed by atoms with E-state index in [1.54, 1.807) is 12.4 Å². The predicted octanol–water partition coefficient (Wildman–Crippen LogP) is 0.563. The van der Waals surface area contributed by atoms with Crippen molar-refractivity contribution in [1.82, 2.24) is 9.88 Å². The van der Waals surface area contributed by atoms with Crippen LogP contribution in [-0.2, 0) is 0 Å². The molecule has 16 heavy (non-hydrogen) atoms. The number of fused-ring (bicyclic) bond motifs is 1. The van der Waals surface area contributed by atoms with Crippen LogP contribution in [0.15, 0.2) is 18.5 Å². The quantitative estimate of drug-likeness (QED) is 0.748. The average Bonchev–Trinajstić information content (AvgIpc) is 2.76. The number of likely N-dealkylation sites (tertiary alicyclic amines) is 1. The summed E-state index contributed by atoms with van der Waals surface area (Å²) in [7, 11) is 0. The number of hydrogen-bond acceptors (Lipinski definition) is 3. The number of rotatable bonds is 1. The third kappa shape index (κ3) is 1.41.